The van der Waals surface area contributed by atoms with Crippen molar-refractivity contribution in [3.63, 3.8) is 0 Å². The lowest BCUT2D eigenvalue weighted by Crippen LogP contribution is -2.45. The average Bonchev–Trinajstić information content (AvgIpc) is 2.90. The molecule has 0 saturated carbocycles. The van der Waals surface area contributed by atoms with Crippen LogP contribution in [-0.2, 0) is 17.8 Å². The van der Waals surface area contributed by atoms with E-state index >= 15 is 0 Å². The molecule has 2 atom stereocenters. The minimum atomic E-state index is -0.777. The van der Waals surface area contributed by atoms with Gasteiger partial charge in [-0.15, -0.1) is 10.2 Å². The summed E-state index contributed by atoms with van der Waals surface area (Å²) in [7, 11) is 0. The van der Waals surface area contributed by atoms with Crippen molar-refractivity contribution in [1.29, 1.82) is 0 Å². The van der Waals surface area contributed by atoms with Gasteiger partial charge in [-0.3, -0.25) is 9.69 Å². The van der Waals surface area contributed by atoms with E-state index in [1.165, 1.54) is 19.3 Å². The van der Waals surface area contributed by atoms with E-state index in [2.05, 4.69) is 33.5 Å². The third-order valence-corrected chi connectivity index (χ3v) is 5.09. The maximum atomic E-state index is 11.4. The second kappa shape index (κ2) is 6.36. The standard InChI is InChI=1S/C16H26N4O2/c1-11(2)19-8-4-3-6-12(19)10-14-17-18-15-13(16(21)22)7-5-9-20(14)15/h11-13H,3-10H2,1-2H3,(H,21,22). The van der Waals surface area contributed by atoms with Crippen LogP contribution in [0.25, 0.3) is 0 Å². The molecule has 6 heteroatoms. The van der Waals surface area contributed by atoms with Crippen LogP contribution in [0.5, 0.6) is 0 Å². The predicted molar refractivity (Wildman–Crippen MR) is 82.8 cm³/mol. The second-order valence-electron chi connectivity index (χ2n) is 6.84. The highest BCUT2D eigenvalue weighted by Gasteiger charge is 2.32. The summed E-state index contributed by atoms with van der Waals surface area (Å²) in [6, 6.07) is 1.05. The Bertz CT molecular complexity index is 540. The zero-order valence-electron chi connectivity index (χ0n) is 13.5. The van der Waals surface area contributed by atoms with Gasteiger partial charge in [-0.1, -0.05) is 6.42 Å². The van der Waals surface area contributed by atoms with Crippen LogP contribution >= 0.6 is 0 Å². The fraction of sp³-hybridized carbons (Fsp3) is 0.812. The van der Waals surface area contributed by atoms with E-state index < -0.39 is 11.9 Å². The normalized spacial score (nSPS) is 26.1. The first-order valence-electron chi connectivity index (χ1n) is 8.48. The number of hydrogen-bond donors (Lipinski definition) is 1. The molecule has 2 aliphatic rings. The lowest BCUT2D eigenvalue weighted by atomic mass is 9.96. The average molecular weight is 306 g/mol. The maximum absolute atomic E-state index is 11.4. The molecule has 0 spiro atoms. The Kier molecular flexibility index (Phi) is 4.47. The number of nitrogens with zero attached hydrogens (tertiary/aromatic N) is 4. The molecule has 1 saturated heterocycles. The zero-order chi connectivity index (χ0) is 15.7. The second-order valence-corrected chi connectivity index (χ2v) is 6.84. The summed E-state index contributed by atoms with van der Waals surface area (Å²) in [4.78, 5) is 13.9. The minimum absolute atomic E-state index is 0.484. The lowest BCUT2D eigenvalue weighted by molar-refractivity contribution is -0.139. The summed E-state index contributed by atoms with van der Waals surface area (Å²) in [5.41, 5.74) is 0. The van der Waals surface area contributed by atoms with Crippen LogP contribution in [0.4, 0.5) is 0 Å². The van der Waals surface area contributed by atoms with Crippen molar-refractivity contribution in [2.24, 2.45) is 0 Å². The quantitative estimate of drug-likeness (QED) is 0.922. The monoisotopic (exact) mass is 306 g/mol. The number of carboxylic acid groups (broad SMARTS) is 1. The molecule has 3 rings (SSSR count). The number of aliphatic carboxylic acids is 1. The highest BCUT2D eigenvalue weighted by Crippen LogP contribution is 2.28. The van der Waals surface area contributed by atoms with Gasteiger partial charge in [0.25, 0.3) is 0 Å². The van der Waals surface area contributed by atoms with Crippen LogP contribution in [0.1, 0.15) is 63.5 Å². The molecule has 2 unspecified atom stereocenters. The summed E-state index contributed by atoms with van der Waals surface area (Å²) in [6.45, 7) is 6.51. The number of carboxylic acids is 1. The molecule has 2 aliphatic heterocycles. The van der Waals surface area contributed by atoms with Crippen molar-refractivity contribution in [2.75, 3.05) is 6.54 Å². The van der Waals surface area contributed by atoms with Crippen molar-refractivity contribution in [3.8, 4) is 0 Å². The highest BCUT2D eigenvalue weighted by molar-refractivity contribution is 5.75. The fourth-order valence-corrected chi connectivity index (χ4v) is 3.95. The van der Waals surface area contributed by atoms with E-state index in [1.54, 1.807) is 0 Å². The molecule has 0 aromatic carbocycles. The van der Waals surface area contributed by atoms with Gasteiger partial charge in [0.15, 0.2) is 0 Å². The largest absolute Gasteiger partial charge is 0.481 e. The summed E-state index contributed by atoms with van der Waals surface area (Å²) in [5, 5.41) is 17.9. The Labute approximate surface area is 131 Å². The molecular weight excluding hydrogens is 280 g/mol. The summed E-state index contributed by atoms with van der Waals surface area (Å²) >= 11 is 0. The van der Waals surface area contributed by atoms with E-state index in [4.69, 9.17) is 0 Å². The first-order chi connectivity index (χ1) is 10.6. The Morgan fingerprint density at radius 1 is 1.23 bits per heavy atom. The smallest absolute Gasteiger partial charge is 0.314 e. The zero-order valence-corrected chi connectivity index (χ0v) is 13.5. The lowest BCUT2D eigenvalue weighted by Gasteiger charge is -2.38. The molecule has 0 radical (unpaired) electrons. The van der Waals surface area contributed by atoms with E-state index in [1.807, 2.05) is 0 Å². The van der Waals surface area contributed by atoms with Crippen molar-refractivity contribution < 1.29 is 9.90 Å². The number of carbonyl (C=O) groups is 1. The fourth-order valence-electron chi connectivity index (χ4n) is 3.95. The maximum Gasteiger partial charge on any atom is 0.314 e. The number of aromatic nitrogens is 3. The van der Waals surface area contributed by atoms with Gasteiger partial charge < -0.3 is 9.67 Å². The number of likely N-dealkylation sites (tertiary alicyclic amines) is 1. The Morgan fingerprint density at radius 3 is 2.77 bits per heavy atom. The first-order valence-corrected chi connectivity index (χ1v) is 8.48. The molecule has 1 aromatic heterocycles. The third kappa shape index (κ3) is 2.89. The molecule has 0 bridgehead atoms. The minimum Gasteiger partial charge on any atom is -0.481 e. The predicted octanol–water partition coefficient (Wildman–Crippen LogP) is 2.05. The van der Waals surface area contributed by atoms with Crippen LogP contribution in [0.3, 0.4) is 0 Å². The van der Waals surface area contributed by atoms with E-state index in [-0.39, 0.29) is 0 Å². The summed E-state index contributed by atoms with van der Waals surface area (Å²) < 4.78 is 2.06. The van der Waals surface area contributed by atoms with Crippen LogP contribution < -0.4 is 0 Å². The molecule has 6 nitrogen and oxygen atoms in total. The Morgan fingerprint density at radius 2 is 2.05 bits per heavy atom. The first kappa shape index (κ1) is 15.5. The molecule has 3 heterocycles. The van der Waals surface area contributed by atoms with E-state index in [0.29, 0.717) is 24.3 Å². The molecular formula is C16H26N4O2. The molecule has 1 fully saturated rings. The molecule has 1 aromatic rings. The molecule has 122 valence electrons. The van der Waals surface area contributed by atoms with Crippen LogP contribution in [-0.4, -0.2) is 49.4 Å². The van der Waals surface area contributed by atoms with Crippen LogP contribution in [0.2, 0.25) is 0 Å². The number of piperidine rings is 1. The van der Waals surface area contributed by atoms with Gasteiger partial charge in [0.2, 0.25) is 0 Å². The van der Waals surface area contributed by atoms with E-state index in [9.17, 15) is 9.90 Å². The third-order valence-electron chi connectivity index (χ3n) is 5.09. The van der Waals surface area contributed by atoms with Gasteiger partial charge >= 0.3 is 5.97 Å². The van der Waals surface area contributed by atoms with Gasteiger partial charge in [0, 0.05) is 25.0 Å². The van der Waals surface area contributed by atoms with Crippen molar-refractivity contribution in [1.82, 2.24) is 19.7 Å². The van der Waals surface area contributed by atoms with E-state index in [0.717, 1.165) is 31.8 Å². The van der Waals surface area contributed by atoms with Crippen molar-refractivity contribution >= 4 is 5.97 Å². The Hall–Kier alpha value is -1.43. The molecule has 0 amide bonds. The van der Waals surface area contributed by atoms with Crippen molar-refractivity contribution in [2.45, 2.75) is 76.9 Å². The van der Waals surface area contributed by atoms with Gasteiger partial charge in [-0.05, 0) is 46.1 Å². The Balaban J connectivity index is 1.80. The number of fused-ring (bicyclic) bond motifs is 1. The van der Waals surface area contributed by atoms with Crippen molar-refractivity contribution in [3.05, 3.63) is 11.6 Å². The van der Waals surface area contributed by atoms with Gasteiger partial charge in [0.05, 0.1) is 0 Å². The molecule has 22 heavy (non-hydrogen) atoms. The SMILES string of the molecule is CC(C)N1CCCCC1Cc1nnc2n1CCCC2C(=O)O. The van der Waals surface area contributed by atoms with Gasteiger partial charge in [0.1, 0.15) is 17.6 Å². The van der Waals surface area contributed by atoms with Crippen LogP contribution in [0, 0.1) is 0 Å². The topological polar surface area (TPSA) is 71.2 Å². The summed E-state index contributed by atoms with van der Waals surface area (Å²) in [6.07, 6.45) is 6.20. The van der Waals surface area contributed by atoms with Gasteiger partial charge in [-0.2, -0.15) is 0 Å². The number of hydrogen-bond acceptors (Lipinski definition) is 4. The van der Waals surface area contributed by atoms with Gasteiger partial charge in [-0.25, -0.2) is 0 Å². The molecule has 1 N–H and O–H groups in total. The summed E-state index contributed by atoms with van der Waals surface area (Å²) in [5.74, 6) is 0.364. The molecule has 0 aliphatic carbocycles. The van der Waals surface area contributed by atoms with Crippen LogP contribution in [0.15, 0.2) is 0 Å². The number of rotatable bonds is 4. The highest BCUT2D eigenvalue weighted by atomic mass is 16.4.